The van der Waals surface area contributed by atoms with Crippen molar-refractivity contribution < 1.29 is 4.79 Å². The van der Waals surface area contributed by atoms with Gasteiger partial charge in [-0.25, -0.2) is 0 Å². The Balaban J connectivity index is 2.53. The third-order valence-corrected chi connectivity index (χ3v) is 4.58. The highest BCUT2D eigenvalue weighted by molar-refractivity contribution is 7.98. The largest absolute Gasteiger partial charge is 0.355 e. The summed E-state index contributed by atoms with van der Waals surface area (Å²) in [5, 5.41) is 3.10. The molecule has 0 heterocycles. The molecule has 17 heavy (non-hydrogen) atoms. The van der Waals surface area contributed by atoms with Gasteiger partial charge in [0.05, 0.1) is 0 Å². The van der Waals surface area contributed by atoms with Gasteiger partial charge < -0.3 is 5.32 Å². The van der Waals surface area contributed by atoms with Crippen LogP contribution in [-0.4, -0.2) is 24.5 Å². The number of carbonyl (C=O) groups is 1. The van der Waals surface area contributed by atoms with Crippen LogP contribution in [0, 0.1) is 23.7 Å². The van der Waals surface area contributed by atoms with Gasteiger partial charge in [0.2, 0.25) is 5.91 Å². The Labute approximate surface area is 110 Å². The summed E-state index contributed by atoms with van der Waals surface area (Å²) in [4.78, 5) is 12.2. The van der Waals surface area contributed by atoms with Crippen molar-refractivity contribution in [2.24, 2.45) is 23.7 Å². The van der Waals surface area contributed by atoms with Gasteiger partial charge in [-0.3, -0.25) is 4.79 Å². The van der Waals surface area contributed by atoms with E-state index in [1.165, 1.54) is 12.8 Å². The zero-order chi connectivity index (χ0) is 12.8. The lowest BCUT2D eigenvalue weighted by Gasteiger charge is -2.36. The van der Waals surface area contributed by atoms with Crippen LogP contribution in [0.15, 0.2) is 0 Å². The van der Waals surface area contributed by atoms with Crippen LogP contribution in [0.5, 0.6) is 0 Å². The second kappa shape index (κ2) is 7.30. The smallest absolute Gasteiger partial charge is 0.223 e. The van der Waals surface area contributed by atoms with Gasteiger partial charge in [-0.1, -0.05) is 27.2 Å². The Bertz CT molecular complexity index is 242. The Kier molecular flexibility index (Phi) is 6.39. The predicted molar refractivity (Wildman–Crippen MR) is 76.2 cm³/mol. The standard InChI is InChI=1S/C14H27NOS/c1-10(2)12-6-5-11(3)9-13(12)14(16)15-7-8-17-4/h10-13H,5-9H2,1-4H3,(H,15,16)/t11-,12+,13-/m1/s1. The van der Waals surface area contributed by atoms with Gasteiger partial charge in [0.1, 0.15) is 0 Å². The highest BCUT2D eigenvalue weighted by Crippen LogP contribution is 2.37. The monoisotopic (exact) mass is 257 g/mol. The lowest BCUT2D eigenvalue weighted by atomic mass is 9.70. The summed E-state index contributed by atoms with van der Waals surface area (Å²) in [6, 6.07) is 0. The molecule has 2 nitrogen and oxygen atoms in total. The van der Waals surface area contributed by atoms with E-state index in [1.54, 1.807) is 11.8 Å². The molecule has 1 N–H and O–H groups in total. The molecule has 100 valence electrons. The second-order valence-electron chi connectivity index (χ2n) is 5.72. The maximum Gasteiger partial charge on any atom is 0.223 e. The average Bonchev–Trinajstić information content (AvgIpc) is 2.28. The van der Waals surface area contributed by atoms with Crippen LogP contribution in [0.4, 0.5) is 0 Å². The van der Waals surface area contributed by atoms with Crippen molar-refractivity contribution >= 4 is 17.7 Å². The van der Waals surface area contributed by atoms with E-state index in [0.717, 1.165) is 18.7 Å². The molecule has 1 fully saturated rings. The van der Waals surface area contributed by atoms with E-state index in [4.69, 9.17) is 0 Å². The fourth-order valence-electron chi connectivity index (χ4n) is 2.91. The van der Waals surface area contributed by atoms with Crippen LogP contribution in [-0.2, 0) is 4.79 Å². The van der Waals surface area contributed by atoms with Crippen LogP contribution in [0.3, 0.4) is 0 Å². The summed E-state index contributed by atoms with van der Waals surface area (Å²) >= 11 is 1.78. The van der Waals surface area contributed by atoms with Crippen molar-refractivity contribution in [3.05, 3.63) is 0 Å². The highest BCUT2D eigenvalue weighted by atomic mass is 32.2. The third-order valence-electron chi connectivity index (χ3n) is 3.96. The van der Waals surface area contributed by atoms with E-state index >= 15 is 0 Å². The first-order valence-corrected chi connectivity index (χ1v) is 8.22. The number of rotatable bonds is 5. The fourth-order valence-corrected chi connectivity index (χ4v) is 3.22. The van der Waals surface area contributed by atoms with Crippen molar-refractivity contribution in [2.45, 2.75) is 40.0 Å². The van der Waals surface area contributed by atoms with E-state index in [1.807, 2.05) is 0 Å². The van der Waals surface area contributed by atoms with E-state index in [9.17, 15) is 4.79 Å². The molecular formula is C14H27NOS. The summed E-state index contributed by atoms with van der Waals surface area (Å²) in [5.74, 6) is 3.48. The number of hydrogen-bond donors (Lipinski definition) is 1. The molecule has 0 bridgehead atoms. The molecule has 0 unspecified atom stereocenters. The molecule has 0 spiro atoms. The number of carbonyl (C=O) groups excluding carboxylic acids is 1. The molecule has 0 aromatic heterocycles. The molecule has 1 rings (SSSR count). The Hall–Kier alpha value is -0.180. The normalized spacial score (nSPS) is 29.4. The summed E-state index contributed by atoms with van der Waals surface area (Å²) in [7, 11) is 0. The Morgan fingerprint density at radius 2 is 2.12 bits per heavy atom. The minimum absolute atomic E-state index is 0.251. The maximum absolute atomic E-state index is 12.2. The highest BCUT2D eigenvalue weighted by Gasteiger charge is 2.34. The van der Waals surface area contributed by atoms with Crippen molar-refractivity contribution in [1.29, 1.82) is 0 Å². The molecule has 0 aliphatic heterocycles. The first kappa shape index (κ1) is 14.9. The van der Waals surface area contributed by atoms with Crippen molar-refractivity contribution in [3.63, 3.8) is 0 Å². The van der Waals surface area contributed by atoms with Gasteiger partial charge in [-0.05, 0) is 36.9 Å². The molecule has 1 aliphatic rings. The summed E-state index contributed by atoms with van der Waals surface area (Å²) in [6.07, 6.45) is 5.66. The maximum atomic E-state index is 12.2. The van der Waals surface area contributed by atoms with Gasteiger partial charge in [-0.2, -0.15) is 11.8 Å². The molecule has 0 radical (unpaired) electrons. The molecular weight excluding hydrogens is 230 g/mol. The summed E-state index contributed by atoms with van der Waals surface area (Å²) in [6.45, 7) is 7.60. The summed E-state index contributed by atoms with van der Waals surface area (Å²) < 4.78 is 0. The van der Waals surface area contributed by atoms with E-state index in [-0.39, 0.29) is 5.92 Å². The predicted octanol–water partition coefficient (Wildman–Crippen LogP) is 3.17. The zero-order valence-corrected chi connectivity index (χ0v) is 12.5. The van der Waals surface area contributed by atoms with E-state index in [0.29, 0.717) is 23.7 Å². The van der Waals surface area contributed by atoms with Crippen LogP contribution < -0.4 is 5.32 Å². The van der Waals surface area contributed by atoms with Crippen molar-refractivity contribution in [2.75, 3.05) is 18.6 Å². The van der Waals surface area contributed by atoms with Gasteiger partial charge in [0.15, 0.2) is 0 Å². The average molecular weight is 257 g/mol. The number of hydrogen-bond acceptors (Lipinski definition) is 2. The van der Waals surface area contributed by atoms with E-state index in [2.05, 4.69) is 32.3 Å². The lowest BCUT2D eigenvalue weighted by molar-refractivity contribution is -0.129. The minimum Gasteiger partial charge on any atom is -0.355 e. The second-order valence-corrected chi connectivity index (χ2v) is 6.70. The first-order valence-electron chi connectivity index (χ1n) is 6.82. The van der Waals surface area contributed by atoms with Crippen LogP contribution >= 0.6 is 11.8 Å². The van der Waals surface area contributed by atoms with Crippen LogP contribution in [0.2, 0.25) is 0 Å². The summed E-state index contributed by atoms with van der Waals surface area (Å²) in [5.41, 5.74) is 0. The topological polar surface area (TPSA) is 29.1 Å². The van der Waals surface area contributed by atoms with Gasteiger partial charge in [0.25, 0.3) is 0 Å². The molecule has 1 saturated carbocycles. The zero-order valence-electron chi connectivity index (χ0n) is 11.7. The van der Waals surface area contributed by atoms with Gasteiger partial charge in [0, 0.05) is 18.2 Å². The third kappa shape index (κ3) is 4.53. The van der Waals surface area contributed by atoms with E-state index < -0.39 is 0 Å². The minimum atomic E-state index is 0.251. The molecule has 0 aromatic carbocycles. The van der Waals surface area contributed by atoms with Crippen molar-refractivity contribution in [3.8, 4) is 0 Å². The SMILES string of the molecule is CSCCNC(=O)[C@@H]1C[C@H](C)CC[C@H]1C(C)C. The lowest BCUT2D eigenvalue weighted by Crippen LogP contribution is -2.40. The Morgan fingerprint density at radius 3 is 2.71 bits per heavy atom. The van der Waals surface area contributed by atoms with Crippen molar-refractivity contribution in [1.82, 2.24) is 5.32 Å². The fraction of sp³-hybridized carbons (Fsp3) is 0.929. The quantitative estimate of drug-likeness (QED) is 0.767. The molecule has 0 aromatic rings. The number of nitrogens with one attached hydrogen (secondary N) is 1. The molecule has 1 amide bonds. The molecule has 0 saturated heterocycles. The Morgan fingerprint density at radius 1 is 1.41 bits per heavy atom. The van der Waals surface area contributed by atoms with Crippen LogP contribution in [0.1, 0.15) is 40.0 Å². The van der Waals surface area contributed by atoms with Crippen LogP contribution in [0.25, 0.3) is 0 Å². The number of amides is 1. The molecule has 3 atom stereocenters. The number of thioether (sulfide) groups is 1. The first-order chi connectivity index (χ1) is 8.06. The van der Waals surface area contributed by atoms with Gasteiger partial charge >= 0.3 is 0 Å². The molecule has 1 aliphatic carbocycles. The van der Waals surface area contributed by atoms with Gasteiger partial charge in [-0.15, -0.1) is 0 Å². The molecule has 3 heteroatoms.